The van der Waals surface area contributed by atoms with Gasteiger partial charge in [0.05, 0.1) is 22.3 Å². The van der Waals surface area contributed by atoms with Crippen molar-refractivity contribution in [3.05, 3.63) is 56.5 Å². The maximum atomic E-state index is 13.0. The molecule has 0 radical (unpaired) electrons. The second-order valence-electron chi connectivity index (χ2n) is 11.4. The van der Waals surface area contributed by atoms with Gasteiger partial charge in [-0.1, -0.05) is 55.2 Å². The normalized spacial score (nSPS) is 17.1. The molecule has 0 saturated carbocycles. The Morgan fingerprint density at radius 3 is 2.55 bits per heavy atom. The highest BCUT2D eigenvalue weighted by molar-refractivity contribution is 9.10. The van der Waals surface area contributed by atoms with Gasteiger partial charge in [-0.15, -0.1) is 0 Å². The van der Waals surface area contributed by atoms with Gasteiger partial charge in [0.2, 0.25) is 0 Å². The molecule has 7 nitrogen and oxygen atoms in total. The van der Waals surface area contributed by atoms with Crippen LogP contribution in [-0.4, -0.2) is 52.5 Å². The number of halogens is 2. The van der Waals surface area contributed by atoms with Crippen molar-refractivity contribution in [3.8, 4) is 0 Å². The lowest BCUT2D eigenvalue weighted by atomic mass is 10.1. The van der Waals surface area contributed by atoms with Gasteiger partial charge in [0.1, 0.15) is 0 Å². The number of anilines is 1. The Bertz CT molecular complexity index is 1300. The molecule has 0 spiro atoms. The number of carbonyl (C=O) groups is 1. The maximum absolute atomic E-state index is 13.0. The summed E-state index contributed by atoms with van der Waals surface area (Å²) < 4.78 is 32.3. The number of nitrogens with zero attached hydrogens (tertiary/aromatic N) is 1. The molecule has 3 N–H and O–H groups in total. The van der Waals surface area contributed by atoms with E-state index in [2.05, 4.69) is 60.0 Å². The quantitative estimate of drug-likeness (QED) is 0.256. The fraction of sp³-hybridized carbons (Fsp3) is 0.519. The molecule has 2 aromatic rings. The number of carbonyl (C=O) groups excluding carboxylic acids is 1. The van der Waals surface area contributed by atoms with Gasteiger partial charge < -0.3 is 15.5 Å². The van der Waals surface area contributed by atoms with Crippen LogP contribution in [0.4, 0.5) is 5.69 Å². The van der Waals surface area contributed by atoms with Crippen molar-refractivity contribution in [1.29, 1.82) is 0 Å². The van der Waals surface area contributed by atoms with E-state index in [0.717, 1.165) is 29.5 Å². The second kappa shape index (κ2) is 12.0. The van der Waals surface area contributed by atoms with Crippen molar-refractivity contribution >= 4 is 57.3 Å². The van der Waals surface area contributed by atoms with Crippen LogP contribution in [-0.2, 0) is 27.4 Å². The summed E-state index contributed by atoms with van der Waals surface area (Å²) >= 11 is 9.71. The van der Waals surface area contributed by atoms with Crippen molar-refractivity contribution < 1.29 is 17.6 Å². The number of likely N-dealkylation sites (tertiary alicyclic amines) is 1. The van der Waals surface area contributed by atoms with Gasteiger partial charge in [0, 0.05) is 41.4 Å². The van der Waals surface area contributed by atoms with E-state index < -0.39 is 24.1 Å². The number of hydrogen-bond donors (Lipinski definition) is 2. The molecule has 0 bridgehead atoms. The van der Waals surface area contributed by atoms with Crippen LogP contribution in [0.5, 0.6) is 0 Å². The molecule has 1 fully saturated rings. The highest BCUT2D eigenvalue weighted by Gasteiger charge is 2.40. The molecule has 11 heteroatoms. The largest absolute Gasteiger partial charge is 0.413 e. The number of hydrogen-bond acceptors (Lipinski definition) is 6. The van der Waals surface area contributed by atoms with Crippen molar-refractivity contribution in [2.45, 2.75) is 76.3 Å². The zero-order valence-corrected chi connectivity index (χ0v) is 27.2. The second-order valence-corrected chi connectivity index (χ2v) is 19.7. The molecule has 0 aromatic heterocycles. The molecule has 38 heavy (non-hydrogen) atoms. The van der Waals surface area contributed by atoms with Crippen LogP contribution in [0.3, 0.4) is 0 Å². The Morgan fingerprint density at radius 2 is 1.92 bits per heavy atom. The van der Waals surface area contributed by atoms with E-state index in [0.29, 0.717) is 28.4 Å². The zero-order chi connectivity index (χ0) is 28.5. The fourth-order valence-corrected chi connectivity index (χ4v) is 7.40. The van der Waals surface area contributed by atoms with Crippen molar-refractivity contribution in [2.75, 3.05) is 24.6 Å². The van der Waals surface area contributed by atoms with Gasteiger partial charge in [0.25, 0.3) is 5.91 Å². The van der Waals surface area contributed by atoms with E-state index in [-0.39, 0.29) is 28.3 Å². The minimum Gasteiger partial charge on any atom is -0.413 e. The first-order valence-corrected chi connectivity index (χ1v) is 18.5. The van der Waals surface area contributed by atoms with Crippen LogP contribution in [0, 0.1) is 0 Å². The highest BCUT2D eigenvalue weighted by atomic mass is 79.9. The summed E-state index contributed by atoms with van der Waals surface area (Å²) in [4.78, 5) is 15.5. The predicted molar refractivity (Wildman–Crippen MR) is 161 cm³/mol. The third-order valence-corrected chi connectivity index (χ3v) is 14.9. The smallest absolute Gasteiger partial charge is 0.253 e. The Labute approximate surface area is 241 Å². The van der Waals surface area contributed by atoms with E-state index in [9.17, 15) is 13.2 Å². The summed E-state index contributed by atoms with van der Waals surface area (Å²) in [5.41, 5.74) is 8.42. The number of nitrogens with two attached hydrogens (primary N) is 1. The molecule has 210 valence electrons. The number of nitrogens with one attached hydrogen (secondary N) is 1. The number of amides is 1. The molecule has 1 aliphatic rings. The Hall–Kier alpha value is -1.43. The molecule has 1 unspecified atom stereocenters. The fourth-order valence-electron chi connectivity index (χ4n) is 4.24. The number of rotatable bonds is 9. The molecular formula is C27H39BrClN3O4SSi. The Morgan fingerprint density at radius 1 is 1.24 bits per heavy atom. The zero-order valence-electron chi connectivity index (χ0n) is 23.0. The van der Waals surface area contributed by atoms with Crippen molar-refractivity contribution in [1.82, 2.24) is 10.2 Å². The lowest BCUT2D eigenvalue weighted by Gasteiger charge is -2.38. The van der Waals surface area contributed by atoms with Gasteiger partial charge in [0.15, 0.2) is 18.2 Å². The van der Waals surface area contributed by atoms with Crippen LogP contribution in [0.1, 0.15) is 55.6 Å². The number of benzene rings is 2. The average molecular weight is 645 g/mol. The molecule has 1 atom stereocenters. The number of nitrogen functional groups attached to an aromatic ring is 1. The van der Waals surface area contributed by atoms with Crippen LogP contribution in [0.25, 0.3) is 0 Å². The summed E-state index contributed by atoms with van der Waals surface area (Å²) in [7, 11) is -5.29. The van der Waals surface area contributed by atoms with Crippen molar-refractivity contribution in [3.63, 3.8) is 0 Å². The molecule has 1 amide bonds. The Balaban J connectivity index is 1.68. The standard InChI is InChI=1S/C27H39BrClN3O4SSi/c1-7-37(34,35)25-9-8-20(29)12-18(25)15-31-26(33)22-14-23(28)19(13-24(22)30)16-32-11-10-21(17-32)36-38(5,6)27(2,3)4/h8-9,12-14,21H,7,10-11,15-17,30H2,1-6H3,(H,31,33). The molecule has 0 aliphatic carbocycles. The van der Waals surface area contributed by atoms with E-state index in [1.807, 2.05) is 6.07 Å². The van der Waals surface area contributed by atoms with Gasteiger partial charge in [-0.3, -0.25) is 9.69 Å². The van der Waals surface area contributed by atoms with Crippen LogP contribution < -0.4 is 11.1 Å². The third-order valence-electron chi connectivity index (χ3n) is 7.53. The van der Waals surface area contributed by atoms with E-state index >= 15 is 0 Å². The summed E-state index contributed by atoms with van der Waals surface area (Å²) in [6.07, 6.45) is 1.23. The molecule has 2 aromatic carbocycles. The van der Waals surface area contributed by atoms with Crippen molar-refractivity contribution in [2.24, 2.45) is 0 Å². The third kappa shape index (κ3) is 7.40. The van der Waals surface area contributed by atoms with Gasteiger partial charge in [-0.05, 0) is 66.0 Å². The highest BCUT2D eigenvalue weighted by Crippen LogP contribution is 2.38. The lowest BCUT2D eigenvalue weighted by molar-refractivity contribution is 0.0951. The minimum atomic E-state index is -3.47. The summed E-state index contributed by atoms with van der Waals surface area (Å²) in [6, 6.07) is 8.12. The first-order chi connectivity index (χ1) is 17.5. The summed E-state index contributed by atoms with van der Waals surface area (Å²) in [6.45, 7) is 15.4. The van der Waals surface area contributed by atoms with Crippen LogP contribution in [0.15, 0.2) is 39.7 Å². The topological polar surface area (TPSA) is 102 Å². The maximum Gasteiger partial charge on any atom is 0.253 e. The monoisotopic (exact) mass is 643 g/mol. The average Bonchev–Trinajstić information content (AvgIpc) is 3.24. The summed E-state index contributed by atoms with van der Waals surface area (Å²) in [5.74, 6) is -0.435. The SMILES string of the molecule is CCS(=O)(=O)c1ccc(Cl)cc1CNC(=O)c1cc(Br)c(CN2CCC(O[Si](C)(C)C(C)(C)C)C2)cc1N. The molecule has 1 heterocycles. The van der Waals surface area contributed by atoms with Gasteiger partial charge >= 0.3 is 0 Å². The minimum absolute atomic E-state index is 0.0101. The molecule has 1 aliphatic heterocycles. The van der Waals surface area contributed by atoms with Crippen LogP contribution in [0.2, 0.25) is 23.2 Å². The predicted octanol–water partition coefficient (Wildman–Crippen LogP) is 6.00. The van der Waals surface area contributed by atoms with Gasteiger partial charge in [-0.2, -0.15) is 0 Å². The lowest BCUT2D eigenvalue weighted by Crippen LogP contribution is -2.44. The summed E-state index contributed by atoms with van der Waals surface area (Å²) in [5, 5.41) is 3.36. The van der Waals surface area contributed by atoms with E-state index in [4.69, 9.17) is 21.8 Å². The first-order valence-electron chi connectivity index (χ1n) is 12.8. The van der Waals surface area contributed by atoms with E-state index in [1.165, 1.54) is 12.1 Å². The molecular weight excluding hydrogens is 606 g/mol. The molecule has 1 saturated heterocycles. The molecule has 3 rings (SSSR count). The Kier molecular flexibility index (Phi) is 9.80. The van der Waals surface area contributed by atoms with Gasteiger partial charge in [-0.25, -0.2) is 8.42 Å². The first kappa shape index (κ1) is 31.1. The van der Waals surface area contributed by atoms with Crippen LogP contribution >= 0.6 is 27.5 Å². The van der Waals surface area contributed by atoms with E-state index in [1.54, 1.807) is 19.1 Å². The number of sulfone groups is 1.